The third kappa shape index (κ3) is 7.73. The zero-order valence-electron chi connectivity index (χ0n) is 25.0. The minimum absolute atomic E-state index is 0.0228. The molecule has 2 heterocycles. The SMILES string of the molecule is COc1ccc(NC(=O)C2(c3noc(C)n3)C=CC(c3ccccc3C)C=C2)cc1OC1=CN(C)C=CC=C1.O=C(O)C(=O)O. The number of carboxylic acids is 2. The monoisotopic (exact) mass is 612 g/mol. The Morgan fingerprint density at radius 2 is 1.71 bits per heavy atom. The number of carbonyl (C=O) groups is 3. The second-order valence-electron chi connectivity index (χ2n) is 10.0. The van der Waals surface area contributed by atoms with E-state index < -0.39 is 17.4 Å². The third-order valence-corrected chi connectivity index (χ3v) is 6.81. The van der Waals surface area contributed by atoms with Gasteiger partial charge in [0, 0.05) is 44.0 Å². The number of hydrogen-bond donors (Lipinski definition) is 3. The summed E-state index contributed by atoms with van der Waals surface area (Å²) in [6, 6.07) is 13.4. The molecule has 5 rings (SSSR count). The lowest BCUT2D eigenvalue weighted by atomic mass is 9.77. The van der Waals surface area contributed by atoms with Crippen LogP contribution < -0.4 is 14.8 Å². The van der Waals surface area contributed by atoms with Gasteiger partial charge in [-0.05, 0) is 42.3 Å². The molecule has 2 aromatic carbocycles. The third-order valence-electron chi connectivity index (χ3n) is 6.81. The first kappa shape index (κ1) is 32.0. The van der Waals surface area contributed by atoms with Crippen molar-refractivity contribution in [3.05, 3.63) is 126 Å². The molecule has 0 saturated heterocycles. The number of carbonyl (C=O) groups excluding carboxylic acids is 1. The minimum atomic E-state index is -1.82. The topological polar surface area (TPSA) is 164 Å². The van der Waals surface area contributed by atoms with Gasteiger partial charge in [0.15, 0.2) is 17.3 Å². The number of aryl methyl sites for hydroxylation is 2. The van der Waals surface area contributed by atoms with Crippen molar-refractivity contribution in [2.45, 2.75) is 25.2 Å². The van der Waals surface area contributed by atoms with Crippen LogP contribution in [0.2, 0.25) is 0 Å². The van der Waals surface area contributed by atoms with Gasteiger partial charge < -0.3 is 34.4 Å². The highest BCUT2D eigenvalue weighted by Gasteiger charge is 2.42. The zero-order valence-corrected chi connectivity index (χ0v) is 25.0. The maximum Gasteiger partial charge on any atom is 0.414 e. The fourth-order valence-corrected chi connectivity index (χ4v) is 4.55. The quantitative estimate of drug-likeness (QED) is 0.246. The Bertz CT molecular complexity index is 1710. The number of carboxylic acid groups (broad SMARTS) is 2. The van der Waals surface area contributed by atoms with Crippen molar-refractivity contribution < 1.29 is 38.6 Å². The first-order valence-electron chi connectivity index (χ1n) is 13.7. The van der Waals surface area contributed by atoms with Crippen molar-refractivity contribution in [3.8, 4) is 11.5 Å². The number of nitrogens with zero attached hydrogens (tertiary/aromatic N) is 3. The van der Waals surface area contributed by atoms with Crippen molar-refractivity contribution in [1.29, 1.82) is 0 Å². The first-order valence-corrected chi connectivity index (χ1v) is 13.7. The van der Waals surface area contributed by atoms with E-state index in [1.165, 1.54) is 11.1 Å². The van der Waals surface area contributed by atoms with Crippen LogP contribution in [0.3, 0.4) is 0 Å². The molecule has 12 nitrogen and oxygen atoms in total. The average Bonchev–Trinajstić information content (AvgIpc) is 3.36. The van der Waals surface area contributed by atoms with Crippen LogP contribution in [0.1, 0.15) is 28.8 Å². The molecule has 1 amide bonds. The number of methoxy groups -OCH3 is 1. The highest BCUT2D eigenvalue weighted by Crippen LogP contribution is 2.37. The number of anilines is 1. The van der Waals surface area contributed by atoms with Crippen LogP contribution in [0.15, 0.2) is 108 Å². The zero-order chi connectivity index (χ0) is 32.6. The largest absolute Gasteiger partial charge is 0.493 e. The molecule has 232 valence electrons. The van der Waals surface area contributed by atoms with Gasteiger partial charge in [0.2, 0.25) is 11.8 Å². The fraction of sp³-hybridized carbons (Fsp3) is 0.182. The second-order valence-corrected chi connectivity index (χ2v) is 10.0. The van der Waals surface area contributed by atoms with E-state index in [1.807, 2.05) is 79.0 Å². The van der Waals surface area contributed by atoms with E-state index in [2.05, 4.69) is 34.5 Å². The molecule has 1 aliphatic carbocycles. The number of hydrogen-bond acceptors (Lipinski definition) is 9. The summed E-state index contributed by atoms with van der Waals surface area (Å²) in [6.45, 7) is 3.78. The van der Waals surface area contributed by atoms with E-state index in [1.54, 1.807) is 32.2 Å². The Kier molecular flexibility index (Phi) is 9.99. The molecule has 3 N–H and O–H groups in total. The Hall–Kier alpha value is -5.91. The second kappa shape index (κ2) is 14.0. The number of benzene rings is 2. The average molecular weight is 613 g/mol. The van der Waals surface area contributed by atoms with Gasteiger partial charge in [0.05, 0.1) is 7.11 Å². The van der Waals surface area contributed by atoms with E-state index in [0.29, 0.717) is 28.8 Å². The van der Waals surface area contributed by atoms with Crippen molar-refractivity contribution in [2.75, 3.05) is 19.5 Å². The molecule has 0 spiro atoms. The van der Waals surface area contributed by atoms with Crippen LogP contribution in [-0.4, -0.2) is 57.3 Å². The Morgan fingerprint density at radius 1 is 1.00 bits per heavy atom. The molecule has 1 aromatic heterocycles. The van der Waals surface area contributed by atoms with Crippen molar-refractivity contribution >= 4 is 23.5 Å². The number of amides is 1. The number of aliphatic carboxylic acids is 2. The summed E-state index contributed by atoms with van der Waals surface area (Å²) in [4.78, 5) is 38.4. The van der Waals surface area contributed by atoms with Gasteiger partial charge in [-0.25, -0.2) is 9.59 Å². The van der Waals surface area contributed by atoms with E-state index in [9.17, 15) is 4.79 Å². The summed E-state index contributed by atoms with van der Waals surface area (Å²) < 4.78 is 16.9. The number of nitrogens with one attached hydrogen (secondary N) is 1. The van der Waals surface area contributed by atoms with Gasteiger partial charge in [-0.3, -0.25) is 4.79 Å². The highest BCUT2D eigenvalue weighted by atomic mass is 16.5. The van der Waals surface area contributed by atoms with Crippen LogP contribution in [0.25, 0.3) is 0 Å². The summed E-state index contributed by atoms with van der Waals surface area (Å²) in [7, 11) is 3.48. The molecule has 0 unspecified atom stereocenters. The molecule has 0 bridgehead atoms. The van der Waals surface area contributed by atoms with Gasteiger partial charge in [-0.15, -0.1) is 0 Å². The number of allylic oxidation sites excluding steroid dienone is 5. The Balaban J connectivity index is 0.000000700. The lowest BCUT2D eigenvalue weighted by molar-refractivity contribution is -0.159. The molecule has 0 fully saturated rings. The highest BCUT2D eigenvalue weighted by molar-refractivity contribution is 6.27. The molecule has 0 atom stereocenters. The van der Waals surface area contributed by atoms with E-state index in [-0.39, 0.29) is 17.6 Å². The van der Waals surface area contributed by atoms with Gasteiger partial charge >= 0.3 is 11.9 Å². The molecule has 0 radical (unpaired) electrons. The summed E-state index contributed by atoms with van der Waals surface area (Å²) in [5.41, 5.74) is 1.63. The number of ether oxygens (including phenoxy) is 2. The molecular weight excluding hydrogens is 580 g/mol. The van der Waals surface area contributed by atoms with E-state index >= 15 is 0 Å². The molecular formula is C33H32N4O8. The van der Waals surface area contributed by atoms with Gasteiger partial charge in [0.25, 0.3) is 0 Å². The van der Waals surface area contributed by atoms with Crippen LogP contribution in [0, 0.1) is 13.8 Å². The summed E-state index contributed by atoms with van der Waals surface area (Å²) >= 11 is 0. The molecule has 12 heteroatoms. The lowest BCUT2D eigenvalue weighted by Crippen LogP contribution is -2.39. The van der Waals surface area contributed by atoms with E-state index in [4.69, 9.17) is 33.8 Å². The first-order chi connectivity index (χ1) is 21.5. The predicted molar refractivity (Wildman–Crippen MR) is 165 cm³/mol. The lowest BCUT2D eigenvalue weighted by Gasteiger charge is -2.27. The normalized spacial score (nSPS) is 18.3. The molecule has 0 saturated carbocycles. The van der Waals surface area contributed by atoms with Gasteiger partial charge in [0.1, 0.15) is 11.2 Å². The predicted octanol–water partition coefficient (Wildman–Crippen LogP) is 4.87. The standard InChI is InChI=1S/C31H30N4O4.C2H2O4/c1-21-9-5-6-11-26(21)23-14-16-31(17-15-23,29-32-22(2)39-34-29)30(36)33-24-12-13-27(37-4)28(19-24)38-25-10-7-8-18-35(3)20-25;3-1(4)2(5)6/h5-20,23H,1-4H3,(H,33,36);(H,3,4)(H,5,6). The summed E-state index contributed by atoms with van der Waals surface area (Å²) in [5, 5.41) is 21.9. The Morgan fingerprint density at radius 3 is 2.33 bits per heavy atom. The fourth-order valence-electron chi connectivity index (χ4n) is 4.55. The molecule has 1 aliphatic heterocycles. The van der Waals surface area contributed by atoms with E-state index in [0.717, 1.165) is 0 Å². The number of rotatable bonds is 7. The molecule has 3 aromatic rings. The van der Waals surface area contributed by atoms with Crippen LogP contribution in [-0.2, 0) is 19.8 Å². The summed E-state index contributed by atoms with van der Waals surface area (Å²) in [6.07, 6.45) is 17.1. The Labute approximate surface area is 259 Å². The molecule has 2 aliphatic rings. The van der Waals surface area contributed by atoms with Crippen molar-refractivity contribution in [3.63, 3.8) is 0 Å². The van der Waals surface area contributed by atoms with Crippen LogP contribution >= 0.6 is 0 Å². The van der Waals surface area contributed by atoms with Gasteiger partial charge in [-0.2, -0.15) is 4.98 Å². The van der Waals surface area contributed by atoms with Crippen molar-refractivity contribution in [1.82, 2.24) is 15.0 Å². The number of aromatic nitrogens is 2. The maximum atomic E-state index is 13.9. The van der Waals surface area contributed by atoms with Gasteiger partial charge in [-0.1, -0.05) is 59.8 Å². The minimum Gasteiger partial charge on any atom is -0.493 e. The maximum absolute atomic E-state index is 13.9. The molecule has 45 heavy (non-hydrogen) atoms. The summed E-state index contributed by atoms with van der Waals surface area (Å²) in [5.74, 6) is -1.70. The van der Waals surface area contributed by atoms with Crippen LogP contribution in [0.5, 0.6) is 11.5 Å². The van der Waals surface area contributed by atoms with Crippen LogP contribution in [0.4, 0.5) is 5.69 Å². The smallest absolute Gasteiger partial charge is 0.414 e. The van der Waals surface area contributed by atoms with Crippen molar-refractivity contribution in [2.24, 2.45) is 0 Å².